The van der Waals surface area contributed by atoms with Gasteiger partial charge in [0, 0.05) is 17.7 Å². The second kappa shape index (κ2) is 4.27. The Labute approximate surface area is 104 Å². The molecule has 1 aromatic carbocycles. The Balaban J connectivity index is 2.73. The van der Waals surface area contributed by atoms with E-state index in [1.54, 1.807) is 12.1 Å². The van der Waals surface area contributed by atoms with Gasteiger partial charge < -0.3 is 14.4 Å². The molecule has 94 valence electrons. The monoisotopic (exact) mass is 277 g/mol. The van der Waals surface area contributed by atoms with Crippen LogP contribution in [0, 0.1) is 0 Å². The molecule has 2 rings (SSSR count). The van der Waals surface area contributed by atoms with Crippen LogP contribution in [0.2, 0.25) is 0 Å². The number of rotatable bonds is 2. The van der Waals surface area contributed by atoms with Crippen molar-refractivity contribution in [1.29, 1.82) is 0 Å². The fourth-order valence-corrected chi connectivity index (χ4v) is 2.99. The Bertz CT molecular complexity index is 543. The highest BCUT2D eigenvalue weighted by Gasteiger charge is 2.29. The van der Waals surface area contributed by atoms with Crippen LogP contribution in [0.3, 0.4) is 0 Å². The highest BCUT2D eigenvalue weighted by molar-refractivity contribution is 8.14. The van der Waals surface area contributed by atoms with Crippen LogP contribution in [0.5, 0.6) is 11.5 Å². The third-order valence-electron chi connectivity index (χ3n) is 2.60. The van der Waals surface area contributed by atoms with E-state index in [4.69, 9.17) is 20.2 Å². The van der Waals surface area contributed by atoms with Crippen LogP contribution in [0.4, 0.5) is 5.69 Å². The standard InChI is InChI=1S/C10H12ClNO4S/c1-12-5-6-16-9-7(12)3-4-8(15-2)10(9)17(11,13)14/h3-4H,5-6H2,1-2H3. The summed E-state index contributed by atoms with van der Waals surface area (Å²) in [6.07, 6.45) is 0. The third-order valence-corrected chi connectivity index (χ3v) is 3.94. The molecule has 0 N–H and O–H groups in total. The van der Waals surface area contributed by atoms with Gasteiger partial charge in [0.2, 0.25) is 0 Å². The zero-order valence-corrected chi connectivity index (χ0v) is 11.0. The zero-order valence-electron chi connectivity index (χ0n) is 9.44. The number of methoxy groups -OCH3 is 1. The van der Waals surface area contributed by atoms with Gasteiger partial charge in [-0.15, -0.1) is 0 Å². The topological polar surface area (TPSA) is 55.8 Å². The highest BCUT2D eigenvalue weighted by atomic mass is 35.7. The summed E-state index contributed by atoms with van der Waals surface area (Å²) in [7, 11) is 4.75. The van der Waals surface area contributed by atoms with Crippen molar-refractivity contribution in [1.82, 2.24) is 0 Å². The van der Waals surface area contributed by atoms with E-state index in [1.165, 1.54) is 7.11 Å². The largest absolute Gasteiger partial charge is 0.495 e. The summed E-state index contributed by atoms with van der Waals surface area (Å²) in [5.74, 6) is 0.446. The molecule has 0 atom stereocenters. The number of hydrogen-bond donors (Lipinski definition) is 0. The molecule has 5 nitrogen and oxygen atoms in total. The van der Waals surface area contributed by atoms with Crippen LogP contribution in [-0.4, -0.2) is 35.7 Å². The van der Waals surface area contributed by atoms with Crippen molar-refractivity contribution in [2.75, 3.05) is 32.2 Å². The summed E-state index contributed by atoms with van der Waals surface area (Å²) in [6.45, 7) is 1.11. The normalized spacial score (nSPS) is 15.1. The summed E-state index contributed by atoms with van der Waals surface area (Å²) < 4.78 is 33.6. The number of ether oxygens (including phenoxy) is 2. The number of nitrogens with zero attached hydrogens (tertiary/aromatic N) is 1. The average Bonchev–Trinajstić information content (AvgIpc) is 2.26. The first-order valence-corrected chi connectivity index (χ1v) is 7.25. The number of halogens is 1. The van der Waals surface area contributed by atoms with Crippen LogP contribution >= 0.6 is 10.7 Å². The molecule has 0 radical (unpaired) electrons. The Morgan fingerprint density at radius 2 is 2.18 bits per heavy atom. The molecule has 1 aliphatic heterocycles. The minimum absolute atomic E-state index is 0.106. The lowest BCUT2D eigenvalue weighted by molar-refractivity contribution is 0.297. The zero-order chi connectivity index (χ0) is 12.6. The maximum atomic E-state index is 11.6. The fraction of sp³-hybridized carbons (Fsp3) is 0.400. The molecule has 0 unspecified atom stereocenters. The second-order valence-corrected chi connectivity index (χ2v) is 6.16. The molecule has 0 aromatic heterocycles. The fourth-order valence-electron chi connectivity index (χ4n) is 1.77. The molecule has 0 spiro atoms. The van der Waals surface area contributed by atoms with Gasteiger partial charge in [-0.1, -0.05) is 0 Å². The SMILES string of the molecule is COc1ccc2c(c1S(=O)(=O)Cl)OCCN2C. The van der Waals surface area contributed by atoms with Gasteiger partial charge in [-0.3, -0.25) is 0 Å². The van der Waals surface area contributed by atoms with Crippen LogP contribution in [0.15, 0.2) is 17.0 Å². The number of benzene rings is 1. The predicted octanol–water partition coefficient (Wildman–Crippen LogP) is 1.45. The van der Waals surface area contributed by atoms with E-state index < -0.39 is 9.05 Å². The van der Waals surface area contributed by atoms with Gasteiger partial charge in [-0.05, 0) is 12.1 Å². The molecule has 0 amide bonds. The molecule has 0 aliphatic carbocycles. The first-order chi connectivity index (χ1) is 7.95. The first-order valence-electron chi connectivity index (χ1n) is 4.94. The summed E-state index contributed by atoms with van der Waals surface area (Å²) in [4.78, 5) is 1.80. The van der Waals surface area contributed by atoms with Crippen molar-refractivity contribution in [2.24, 2.45) is 0 Å². The molecule has 0 fully saturated rings. The van der Waals surface area contributed by atoms with Gasteiger partial charge in [0.25, 0.3) is 9.05 Å². The second-order valence-electron chi connectivity index (χ2n) is 3.65. The van der Waals surface area contributed by atoms with Crippen molar-refractivity contribution >= 4 is 25.4 Å². The Morgan fingerprint density at radius 3 is 2.76 bits per heavy atom. The van der Waals surface area contributed by atoms with Crippen LogP contribution < -0.4 is 14.4 Å². The van der Waals surface area contributed by atoms with Gasteiger partial charge in [-0.25, -0.2) is 8.42 Å². The molecular formula is C10H12ClNO4S. The van der Waals surface area contributed by atoms with Crippen molar-refractivity contribution in [3.8, 4) is 11.5 Å². The number of anilines is 1. The number of likely N-dealkylation sites (N-methyl/N-ethyl adjacent to an activating group) is 1. The lowest BCUT2D eigenvalue weighted by Gasteiger charge is -2.29. The van der Waals surface area contributed by atoms with Crippen LogP contribution in [0.25, 0.3) is 0 Å². The van der Waals surface area contributed by atoms with E-state index >= 15 is 0 Å². The number of hydrogen-bond acceptors (Lipinski definition) is 5. The lowest BCUT2D eigenvalue weighted by atomic mass is 10.2. The predicted molar refractivity (Wildman–Crippen MR) is 64.8 cm³/mol. The van der Waals surface area contributed by atoms with E-state index in [2.05, 4.69) is 0 Å². The Hall–Kier alpha value is -1.14. The molecule has 0 saturated heterocycles. The van der Waals surface area contributed by atoms with Gasteiger partial charge in [0.1, 0.15) is 12.4 Å². The smallest absolute Gasteiger partial charge is 0.268 e. The summed E-state index contributed by atoms with van der Waals surface area (Å²) in [6, 6.07) is 3.32. The third kappa shape index (κ3) is 2.14. The molecule has 1 aromatic rings. The van der Waals surface area contributed by atoms with E-state index in [1.807, 2.05) is 11.9 Å². The van der Waals surface area contributed by atoms with Crippen molar-refractivity contribution in [2.45, 2.75) is 4.90 Å². The number of fused-ring (bicyclic) bond motifs is 1. The highest BCUT2D eigenvalue weighted by Crippen LogP contribution is 2.43. The minimum atomic E-state index is -3.91. The van der Waals surface area contributed by atoms with Crippen molar-refractivity contribution < 1.29 is 17.9 Å². The summed E-state index contributed by atoms with van der Waals surface area (Å²) in [5, 5.41) is 0. The maximum absolute atomic E-state index is 11.6. The van der Waals surface area contributed by atoms with E-state index in [0.29, 0.717) is 18.8 Å². The minimum Gasteiger partial charge on any atom is -0.495 e. The van der Waals surface area contributed by atoms with Gasteiger partial charge in [0.15, 0.2) is 10.6 Å². The molecule has 7 heteroatoms. The Morgan fingerprint density at radius 1 is 1.47 bits per heavy atom. The van der Waals surface area contributed by atoms with E-state index in [-0.39, 0.29) is 16.4 Å². The van der Waals surface area contributed by atoms with Crippen molar-refractivity contribution in [3.63, 3.8) is 0 Å². The van der Waals surface area contributed by atoms with Crippen molar-refractivity contribution in [3.05, 3.63) is 12.1 Å². The molecule has 0 saturated carbocycles. The first kappa shape index (κ1) is 12.3. The van der Waals surface area contributed by atoms with Gasteiger partial charge in [0.05, 0.1) is 19.3 Å². The van der Waals surface area contributed by atoms with Crippen LogP contribution in [-0.2, 0) is 9.05 Å². The lowest BCUT2D eigenvalue weighted by Crippen LogP contribution is -2.29. The maximum Gasteiger partial charge on any atom is 0.268 e. The van der Waals surface area contributed by atoms with E-state index in [0.717, 1.165) is 0 Å². The summed E-state index contributed by atoms with van der Waals surface area (Å²) in [5.41, 5.74) is 0.691. The molecular weight excluding hydrogens is 266 g/mol. The van der Waals surface area contributed by atoms with Gasteiger partial charge >= 0.3 is 0 Å². The van der Waals surface area contributed by atoms with Gasteiger partial charge in [-0.2, -0.15) is 0 Å². The summed E-state index contributed by atoms with van der Waals surface area (Å²) >= 11 is 0. The molecule has 1 heterocycles. The van der Waals surface area contributed by atoms with Crippen LogP contribution in [0.1, 0.15) is 0 Å². The van der Waals surface area contributed by atoms with E-state index in [9.17, 15) is 8.42 Å². The average molecular weight is 278 g/mol. The quantitative estimate of drug-likeness (QED) is 0.766. The Kier molecular flexibility index (Phi) is 3.09. The molecule has 17 heavy (non-hydrogen) atoms. The molecule has 1 aliphatic rings. The molecule has 0 bridgehead atoms.